The second-order valence-corrected chi connectivity index (χ2v) is 6.78. The molecule has 1 saturated carbocycles. The molecule has 1 aliphatic rings. The molecule has 2 aromatic rings. The van der Waals surface area contributed by atoms with E-state index in [0.29, 0.717) is 12.6 Å². The van der Waals surface area contributed by atoms with E-state index in [-0.39, 0.29) is 12.1 Å². The van der Waals surface area contributed by atoms with Crippen molar-refractivity contribution >= 4 is 17.4 Å². The van der Waals surface area contributed by atoms with Crippen LogP contribution in [-0.4, -0.2) is 18.2 Å². The molecule has 0 unspecified atom stereocenters. The number of thiophene rings is 1. The van der Waals surface area contributed by atoms with Gasteiger partial charge in [-0.25, -0.2) is 4.79 Å². The fourth-order valence-electron chi connectivity index (χ4n) is 2.66. The van der Waals surface area contributed by atoms with Gasteiger partial charge in [0.1, 0.15) is 6.61 Å². The minimum Gasteiger partial charge on any atom is -0.445 e. The van der Waals surface area contributed by atoms with Gasteiger partial charge in [0.25, 0.3) is 0 Å². The monoisotopic (exact) mass is 330 g/mol. The molecule has 0 spiro atoms. The highest BCUT2D eigenvalue weighted by Gasteiger charge is 2.30. The van der Waals surface area contributed by atoms with Gasteiger partial charge in [-0.3, -0.25) is 0 Å². The Bertz CT molecular complexity index is 635. The van der Waals surface area contributed by atoms with Crippen molar-refractivity contribution in [1.82, 2.24) is 10.6 Å². The largest absolute Gasteiger partial charge is 0.445 e. The summed E-state index contributed by atoms with van der Waals surface area (Å²) < 4.78 is 5.24. The lowest BCUT2D eigenvalue weighted by atomic mass is 9.87. The van der Waals surface area contributed by atoms with Crippen molar-refractivity contribution in [3.05, 3.63) is 57.8 Å². The van der Waals surface area contributed by atoms with Crippen molar-refractivity contribution in [2.75, 3.05) is 0 Å². The second kappa shape index (κ2) is 7.62. The summed E-state index contributed by atoms with van der Waals surface area (Å²) in [4.78, 5) is 11.8. The molecule has 4 nitrogen and oxygen atoms in total. The van der Waals surface area contributed by atoms with Crippen LogP contribution in [0.1, 0.15) is 29.5 Å². The summed E-state index contributed by atoms with van der Waals surface area (Å²) in [5.41, 5.74) is 3.72. The number of carbonyl (C=O) groups excluding carboxylic acids is 1. The van der Waals surface area contributed by atoms with Crippen molar-refractivity contribution in [1.29, 1.82) is 0 Å². The summed E-state index contributed by atoms with van der Waals surface area (Å²) in [7, 11) is 0. The van der Waals surface area contributed by atoms with E-state index in [1.165, 1.54) is 11.1 Å². The summed E-state index contributed by atoms with van der Waals surface area (Å²) in [6, 6.07) is 10.4. The minimum absolute atomic E-state index is 0.222. The quantitative estimate of drug-likeness (QED) is 0.851. The number of rotatable bonds is 6. The zero-order chi connectivity index (χ0) is 16.1. The summed E-state index contributed by atoms with van der Waals surface area (Å²) in [5, 5.41) is 10.8. The zero-order valence-corrected chi connectivity index (χ0v) is 14.1. The van der Waals surface area contributed by atoms with Gasteiger partial charge in [0.15, 0.2) is 0 Å². The van der Waals surface area contributed by atoms with E-state index in [0.717, 1.165) is 24.9 Å². The van der Waals surface area contributed by atoms with Gasteiger partial charge in [-0.05, 0) is 47.2 Å². The molecule has 1 aliphatic carbocycles. The van der Waals surface area contributed by atoms with E-state index in [1.54, 1.807) is 11.3 Å². The first-order valence-corrected chi connectivity index (χ1v) is 8.87. The van der Waals surface area contributed by atoms with E-state index >= 15 is 0 Å². The molecule has 122 valence electrons. The Morgan fingerprint density at radius 3 is 2.70 bits per heavy atom. The van der Waals surface area contributed by atoms with Gasteiger partial charge in [-0.1, -0.05) is 30.3 Å². The third kappa shape index (κ3) is 4.56. The molecule has 2 N–H and O–H groups in total. The van der Waals surface area contributed by atoms with Crippen molar-refractivity contribution in [2.45, 2.75) is 45.0 Å². The van der Waals surface area contributed by atoms with Crippen LogP contribution in [0.25, 0.3) is 0 Å². The number of ether oxygens (including phenoxy) is 1. The number of carbonyl (C=O) groups is 1. The molecule has 0 aliphatic heterocycles. The lowest BCUT2D eigenvalue weighted by molar-refractivity contribution is 0.125. The Morgan fingerprint density at radius 2 is 2.00 bits per heavy atom. The van der Waals surface area contributed by atoms with Crippen LogP contribution in [0.3, 0.4) is 0 Å². The average Bonchev–Trinajstić information content (AvgIpc) is 2.93. The molecule has 0 radical (unpaired) electrons. The van der Waals surface area contributed by atoms with Crippen molar-refractivity contribution in [3.8, 4) is 0 Å². The number of aryl methyl sites for hydroxylation is 1. The first-order chi connectivity index (χ1) is 11.2. The highest BCUT2D eigenvalue weighted by atomic mass is 32.1. The van der Waals surface area contributed by atoms with Gasteiger partial charge in [0.2, 0.25) is 0 Å². The normalized spacial score (nSPS) is 19.9. The number of hydrogen-bond acceptors (Lipinski definition) is 4. The minimum atomic E-state index is -0.328. The molecular formula is C18H22N2O2S. The van der Waals surface area contributed by atoms with Crippen LogP contribution < -0.4 is 10.6 Å². The summed E-state index contributed by atoms with van der Waals surface area (Å²) in [5.74, 6) is 0. The van der Waals surface area contributed by atoms with Gasteiger partial charge in [0, 0.05) is 18.6 Å². The predicted octanol–water partition coefficient (Wildman–Crippen LogP) is 3.60. The van der Waals surface area contributed by atoms with Crippen LogP contribution in [0.5, 0.6) is 0 Å². The first kappa shape index (κ1) is 16.0. The maximum Gasteiger partial charge on any atom is 0.407 e. The number of hydrogen-bond donors (Lipinski definition) is 2. The predicted molar refractivity (Wildman–Crippen MR) is 92.5 cm³/mol. The number of alkyl carbamates (subject to hydrolysis) is 1. The summed E-state index contributed by atoms with van der Waals surface area (Å²) in [6.45, 7) is 3.37. The lowest BCUT2D eigenvalue weighted by Gasteiger charge is -2.36. The van der Waals surface area contributed by atoms with Crippen molar-refractivity contribution < 1.29 is 9.53 Å². The molecule has 3 rings (SSSR count). The van der Waals surface area contributed by atoms with E-state index < -0.39 is 0 Å². The Hall–Kier alpha value is -1.85. The number of amides is 1. The number of nitrogens with one attached hydrogen (secondary N) is 2. The van der Waals surface area contributed by atoms with E-state index in [1.807, 2.05) is 30.3 Å². The molecule has 5 heteroatoms. The Kier molecular flexibility index (Phi) is 5.31. The maximum atomic E-state index is 11.8. The van der Waals surface area contributed by atoms with Crippen molar-refractivity contribution in [2.24, 2.45) is 0 Å². The fraction of sp³-hybridized carbons (Fsp3) is 0.389. The smallest absolute Gasteiger partial charge is 0.407 e. The molecule has 0 atom stereocenters. The standard InChI is InChI=1S/C18H22N2O2S/c1-13-11-23-12-15(13)9-19-16-7-17(8-16)20-18(21)22-10-14-5-3-2-4-6-14/h2-6,11-12,16-17,19H,7-10H2,1H3,(H,20,21). The highest BCUT2D eigenvalue weighted by Crippen LogP contribution is 2.21. The van der Waals surface area contributed by atoms with Gasteiger partial charge in [-0.15, -0.1) is 0 Å². The van der Waals surface area contributed by atoms with Crippen molar-refractivity contribution in [3.63, 3.8) is 0 Å². The van der Waals surface area contributed by atoms with Crippen LogP contribution in [0.4, 0.5) is 4.79 Å². The summed E-state index contributed by atoms with van der Waals surface area (Å²) >= 11 is 1.74. The lowest BCUT2D eigenvalue weighted by Crippen LogP contribution is -2.52. The van der Waals surface area contributed by atoms with Crippen LogP contribution in [0.2, 0.25) is 0 Å². The average molecular weight is 330 g/mol. The van der Waals surface area contributed by atoms with Gasteiger partial charge in [-0.2, -0.15) is 11.3 Å². The van der Waals surface area contributed by atoms with Crippen LogP contribution in [0, 0.1) is 6.92 Å². The van der Waals surface area contributed by atoms with Crippen LogP contribution >= 0.6 is 11.3 Å². The molecule has 1 fully saturated rings. The van der Waals surface area contributed by atoms with Crippen LogP contribution in [-0.2, 0) is 17.9 Å². The van der Waals surface area contributed by atoms with E-state index in [2.05, 4.69) is 28.3 Å². The fourth-order valence-corrected chi connectivity index (χ4v) is 3.51. The van der Waals surface area contributed by atoms with Crippen LogP contribution in [0.15, 0.2) is 41.1 Å². The zero-order valence-electron chi connectivity index (χ0n) is 13.2. The highest BCUT2D eigenvalue weighted by molar-refractivity contribution is 7.08. The third-order valence-corrected chi connectivity index (χ3v) is 5.13. The van der Waals surface area contributed by atoms with Gasteiger partial charge in [0.05, 0.1) is 0 Å². The van der Waals surface area contributed by atoms with Gasteiger partial charge < -0.3 is 15.4 Å². The summed E-state index contributed by atoms with van der Waals surface area (Å²) in [6.07, 6.45) is 1.60. The molecule has 1 aromatic heterocycles. The molecule has 0 saturated heterocycles. The Labute approximate surface area is 140 Å². The molecular weight excluding hydrogens is 308 g/mol. The Morgan fingerprint density at radius 1 is 1.22 bits per heavy atom. The Balaban J connectivity index is 1.31. The SMILES string of the molecule is Cc1cscc1CNC1CC(NC(=O)OCc2ccccc2)C1. The van der Waals surface area contributed by atoms with E-state index in [4.69, 9.17) is 4.74 Å². The number of benzene rings is 1. The second-order valence-electron chi connectivity index (χ2n) is 6.03. The molecule has 1 heterocycles. The van der Waals surface area contributed by atoms with Gasteiger partial charge >= 0.3 is 6.09 Å². The topological polar surface area (TPSA) is 50.4 Å². The molecule has 23 heavy (non-hydrogen) atoms. The maximum absolute atomic E-state index is 11.8. The third-order valence-electron chi connectivity index (χ3n) is 4.22. The first-order valence-electron chi connectivity index (χ1n) is 7.93. The molecule has 1 aromatic carbocycles. The molecule has 0 bridgehead atoms. The molecule has 1 amide bonds. The van der Waals surface area contributed by atoms with E-state index in [9.17, 15) is 4.79 Å².